The monoisotopic (exact) mass is 426 g/mol. The second-order valence-corrected chi connectivity index (χ2v) is 9.81. The Kier molecular flexibility index (Phi) is 9.73. The molecule has 0 N–H and O–H groups in total. The molecule has 1 fully saturated rings. The highest BCUT2D eigenvalue weighted by atomic mass is 32.2. The number of rotatable bonds is 12. The van der Waals surface area contributed by atoms with E-state index in [0.717, 1.165) is 13.0 Å². The lowest BCUT2D eigenvalue weighted by atomic mass is 9.85. The van der Waals surface area contributed by atoms with Crippen molar-refractivity contribution in [3.8, 4) is 0 Å². The molecule has 0 aliphatic carbocycles. The highest BCUT2D eigenvalue weighted by Crippen LogP contribution is 2.31. The Balaban J connectivity index is 1.29. The molecule has 4 heteroatoms. The van der Waals surface area contributed by atoms with Crippen LogP contribution < -0.4 is 0 Å². The summed E-state index contributed by atoms with van der Waals surface area (Å²) in [4.78, 5) is 3.96. The first-order chi connectivity index (χ1) is 14.7. The van der Waals surface area contributed by atoms with Crippen LogP contribution in [-0.2, 0) is 11.2 Å². The topological polar surface area (TPSA) is 15.7 Å². The molecule has 3 rings (SSSR count). The van der Waals surface area contributed by atoms with Crippen LogP contribution in [0.1, 0.15) is 44.1 Å². The smallest absolute Gasteiger partial charge is 0.0703 e. The molecule has 1 heterocycles. The van der Waals surface area contributed by atoms with E-state index >= 15 is 0 Å². The number of likely N-dealkylation sites (tertiary alicyclic amines) is 1. The lowest BCUT2D eigenvalue weighted by Gasteiger charge is -2.41. The fourth-order valence-electron chi connectivity index (χ4n) is 4.38. The molecule has 30 heavy (non-hydrogen) atoms. The molecule has 0 saturated carbocycles. The van der Waals surface area contributed by atoms with Gasteiger partial charge in [-0.2, -0.15) is 0 Å². The maximum atomic E-state index is 6.04. The van der Waals surface area contributed by atoms with Gasteiger partial charge in [0.1, 0.15) is 0 Å². The molecule has 3 nitrogen and oxygen atoms in total. The van der Waals surface area contributed by atoms with E-state index in [1.54, 1.807) is 0 Å². The van der Waals surface area contributed by atoms with Crippen LogP contribution in [0.4, 0.5) is 0 Å². The van der Waals surface area contributed by atoms with Crippen LogP contribution in [0.15, 0.2) is 65.6 Å². The summed E-state index contributed by atoms with van der Waals surface area (Å²) in [7, 11) is 4.11. The lowest BCUT2D eigenvalue weighted by Crippen LogP contribution is -2.45. The quantitative estimate of drug-likeness (QED) is 0.309. The molecule has 0 radical (unpaired) electrons. The van der Waals surface area contributed by atoms with Gasteiger partial charge < -0.3 is 9.64 Å². The van der Waals surface area contributed by atoms with Crippen molar-refractivity contribution in [1.82, 2.24) is 9.21 Å². The second-order valence-electron chi connectivity index (χ2n) is 8.53. The third-order valence-corrected chi connectivity index (χ3v) is 7.32. The third kappa shape index (κ3) is 7.73. The Morgan fingerprint density at radius 2 is 1.60 bits per heavy atom. The second kappa shape index (κ2) is 12.5. The number of piperidine rings is 1. The normalized spacial score (nSPS) is 16.8. The summed E-state index contributed by atoms with van der Waals surface area (Å²) in [6.45, 7) is 4.70. The lowest BCUT2D eigenvalue weighted by molar-refractivity contribution is -0.0637. The van der Waals surface area contributed by atoms with E-state index in [1.807, 2.05) is 19.1 Å². The fraction of sp³-hybridized carbons (Fsp3) is 0.538. The number of ether oxygens (including phenoxy) is 1. The molecule has 0 bridgehead atoms. The summed E-state index contributed by atoms with van der Waals surface area (Å²) in [5.74, 6) is 0. The van der Waals surface area contributed by atoms with Crippen molar-refractivity contribution in [3.63, 3.8) is 0 Å². The van der Waals surface area contributed by atoms with Crippen molar-refractivity contribution < 1.29 is 4.74 Å². The summed E-state index contributed by atoms with van der Waals surface area (Å²) in [6, 6.07) is 21.5. The molecule has 0 amide bonds. The van der Waals surface area contributed by atoms with Gasteiger partial charge in [-0.3, -0.25) is 0 Å². The van der Waals surface area contributed by atoms with Gasteiger partial charge in [-0.05, 0) is 88.2 Å². The van der Waals surface area contributed by atoms with Gasteiger partial charge in [-0.15, -0.1) is 0 Å². The maximum Gasteiger partial charge on any atom is 0.0703 e. The molecule has 0 unspecified atom stereocenters. The first kappa shape index (κ1) is 23.3. The van der Waals surface area contributed by atoms with E-state index < -0.39 is 0 Å². The van der Waals surface area contributed by atoms with Crippen LogP contribution in [0.5, 0.6) is 0 Å². The number of unbranched alkanes of at least 4 members (excludes halogenated alkanes) is 1. The fourth-order valence-corrected chi connectivity index (χ4v) is 5.24. The van der Waals surface area contributed by atoms with Gasteiger partial charge in [0, 0.05) is 31.6 Å². The van der Waals surface area contributed by atoms with Crippen molar-refractivity contribution >= 4 is 11.9 Å². The highest BCUT2D eigenvalue weighted by Gasteiger charge is 2.33. The van der Waals surface area contributed by atoms with Crippen LogP contribution in [0.3, 0.4) is 0 Å². The van der Waals surface area contributed by atoms with Gasteiger partial charge >= 0.3 is 0 Å². The average molecular weight is 427 g/mol. The van der Waals surface area contributed by atoms with Crippen molar-refractivity contribution in [2.24, 2.45) is 0 Å². The van der Waals surface area contributed by atoms with Crippen LogP contribution >= 0.6 is 11.9 Å². The Bertz CT molecular complexity index is 701. The number of nitrogens with zero attached hydrogens (tertiary/aromatic N) is 2. The van der Waals surface area contributed by atoms with Crippen molar-refractivity contribution in [1.29, 1.82) is 0 Å². The molecule has 164 valence electrons. The molecule has 0 spiro atoms. The summed E-state index contributed by atoms with van der Waals surface area (Å²) >= 11 is 1.84. The Morgan fingerprint density at radius 1 is 0.933 bits per heavy atom. The van der Waals surface area contributed by atoms with Gasteiger partial charge in [-0.25, -0.2) is 4.31 Å². The molecular formula is C26H38N2OS. The van der Waals surface area contributed by atoms with E-state index in [1.165, 1.54) is 68.6 Å². The first-order valence-electron chi connectivity index (χ1n) is 11.4. The van der Waals surface area contributed by atoms with Gasteiger partial charge in [0.05, 0.1) is 5.60 Å². The minimum Gasteiger partial charge on any atom is -0.378 e. The molecule has 1 aliphatic heterocycles. The molecule has 2 aromatic rings. The van der Waals surface area contributed by atoms with Crippen LogP contribution in [0.2, 0.25) is 0 Å². The van der Waals surface area contributed by atoms with Crippen molar-refractivity contribution in [2.75, 3.05) is 40.3 Å². The number of benzene rings is 2. The number of hydrogen-bond donors (Lipinski definition) is 0. The summed E-state index contributed by atoms with van der Waals surface area (Å²) in [6.07, 6.45) is 8.40. The van der Waals surface area contributed by atoms with E-state index in [4.69, 9.17) is 4.74 Å². The first-order valence-corrected chi connectivity index (χ1v) is 12.2. The molecule has 1 aliphatic rings. The number of methoxy groups -OCH3 is 1. The summed E-state index contributed by atoms with van der Waals surface area (Å²) in [5, 5.41) is 0. The Labute approximate surface area is 187 Å². The zero-order valence-corrected chi connectivity index (χ0v) is 19.6. The molecule has 0 aromatic heterocycles. The van der Waals surface area contributed by atoms with E-state index in [-0.39, 0.29) is 5.60 Å². The molecule has 2 aromatic carbocycles. The SMILES string of the molecule is COC1(CCCc2ccccc2)CCN(CCCCN(C)Sc2ccccc2)CC1. The van der Waals surface area contributed by atoms with Gasteiger partial charge in [-0.1, -0.05) is 48.5 Å². The van der Waals surface area contributed by atoms with Gasteiger partial charge in [0.2, 0.25) is 0 Å². The van der Waals surface area contributed by atoms with E-state index in [9.17, 15) is 0 Å². The minimum absolute atomic E-state index is 0.0951. The molecule has 0 atom stereocenters. The van der Waals surface area contributed by atoms with Crippen molar-refractivity contribution in [2.45, 2.75) is 55.4 Å². The predicted molar refractivity (Wildman–Crippen MR) is 129 cm³/mol. The van der Waals surface area contributed by atoms with Crippen LogP contribution in [-0.4, -0.2) is 55.1 Å². The summed E-state index contributed by atoms with van der Waals surface area (Å²) < 4.78 is 8.40. The average Bonchev–Trinajstić information content (AvgIpc) is 2.79. The third-order valence-electron chi connectivity index (χ3n) is 6.34. The van der Waals surface area contributed by atoms with Crippen LogP contribution in [0.25, 0.3) is 0 Å². The number of hydrogen-bond acceptors (Lipinski definition) is 4. The molecule has 1 saturated heterocycles. The summed E-state index contributed by atoms with van der Waals surface area (Å²) in [5.41, 5.74) is 1.54. The standard InChI is InChI=1S/C26H38N2OS/c1-27(30-25-15-7-4-8-16-25)20-9-10-21-28-22-18-26(29-2,19-23-28)17-11-14-24-12-5-3-6-13-24/h3-8,12-13,15-16H,9-11,14,17-23H2,1-2H3. The van der Waals surface area contributed by atoms with Crippen LogP contribution in [0, 0.1) is 0 Å². The zero-order valence-electron chi connectivity index (χ0n) is 18.8. The highest BCUT2D eigenvalue weighted by molar-refractivity contribution is 7.97. The van der Waals surface area contributed by atoms with Crippen molar-refractivity contribution in [3.05, 3.63) is 66.2 Å². The Morgan fingerprint density at radius 3 is 2.27 bits per heavy atom. The van der Waals surface area contributed by atoms with E-state index in [0.29, 0.717) is 0 Å². The maximum absolute atomic E-state index is 6.04. The predicted octanol–water partition coefficient (Wildman–Crippen LogP) is 5.91. The molecular weight excluding hydrogens is 388 g/mol. The Hall–Kier alpha value is -1.33. The zero-order chi connectivity index (χ0) is 21.1. The van der Waals surface area contributed by atoms with Gasteiger partial charge in [0.25, 0.3) is 0 Å². The van der Waals surface area contributed by atoms with E-state index in [2.05, 4.69) is 76.9 Å². The van der Waals surface area contributed by atoms with Gasteiger partial charge in [0.15, 0.2) is 0 Å². The largest absolute Gasteiger partial charge is 0.378 e. The number of aryl methyl sites for hydroxylation is 1. The minimum atomic E-state index is 0.0951.